The van der Waals surface area contributed by atoms with Crippen LogP contribution in [0.1, 0.15) is 36.7 Å². The SMILES string of the molecule is CCOc1cc([N+](=O)[O-])c(C(=O)NCCc2ccc(OCC)c(OCC)c2)cc1OC. The molecule has 0 aliphatic heterocycles. The summed E-state index contributed by atoms with van der Waals surface area (Å²) in [6.45, 7) is 7.16. The van der Waals surface area contributed by atoms with Gasteiger partial charge in [0.1, 0.15) is 5.56 Å². The zero-order chi connectivity index (χ0) is 22.8. The highest BCUT2D eigenvalue weighted by molar-refractivity contribution is 5.99. The Hall–Kier alpha value is -3.49. The van der Waals surface area contributed by atoms with Gasteiger partial charge >= 0.3 is 0 Å². The van der Waals surface area contributed by atoms with Gasteiger partial charge in [-0.05, 0) is 44.9 Å². The average Bonchev–Trinajstić information content (AvgIpc) is 2.75. The van der Waals surface area contributed by atoms with E-state index >= 15 is 0 Å². The lowest BCUT2D eigenvalue weighted by molar-refractivity contribution is -0.385. The molecule has 2 rings (SSSR count). The van der Waals surface area contributed by atoms with Crippen LogP contribution in [0, 0.1) is 10.1 Å². The van der Waals surface area contributed by atoms with E-state index in [0.717, 1.165) is 5.56 Å². The molecule has 0 heterocycles. The molecule has 9 nitrogen and oxygen atoms in total. The molecule has 0 aliphatic rings. The molecule has 0 fully saturated rings. The zero-order valence-corrected chi connectivity index (χ0v) is 18.2. The number of methoxy groups -OCH3 is 1. The van der Waals surface area contributed by atoms with Crippen molar-refractivity contribution in [2.24, 2.45) is 0 Å². The maximum atomic E-state index is 12.6. The number of rotatable bonds is 12. The second kappa shape index (κ2) is 11.6. The van der Waals surface area contributed by atoms with E-state index in [-0.39, 0.29) is 29.3 Å². The third kappa shape index (κ3) is 6.24. The van der Waals surface area contributed by atoms with Gasteiger partial charge in [0.15, 0.2) is 23.0 Å². The van der Waals surface area contributed by atoms with Crippen LogP contribution in [0.5, 0.6) is 23.0 Å². The van der Waals surface area contributed by atoms with Crippen molar-refractivity contribution in [2.75, 3.05) is 33.5 Å². The van der Waals surface area contributed by atoms with Gasteiger partial charge in [-0.1, -0.05) is 6.07 Å². The number of carbonyl (C=O) groups excluding carboxylic acids is 1. The Morgan fingerprint density at radius 1 is 0.935 bits per heavy atom. The Morgan fingerprint density at radius 3 is 2.13 bits per heavy atom. The van der Waals surface area contributed by atoms with Gasteiger partial charge in [0.2, 0.25) is 0 Å². The monoisotopic (exact) mass is 432 g/mol. The molecule has 0 radical (unpaired) electrons. The number of amides is 1. The number of nitro groups is 1. The number of hydrogen-bond donors (Lipinski definition) is 1. The Labute approximate surface area is 181 Å². The van der Waals surface area contributed by atoms with Gasteiger partial charge in [-0.15, -0.1) is 0 Å². The van der Waals surface area contributed by atoms with Crippen LogP contribution in [-0.4, -0.2) is 44.3 Å². The van der Waals surface area contributed by atoms with Crippen molar-refractivity contribution in [2.45, 2.75) is 27.2 Å². The molecule has 168 valence electrons. The number of carbonyl (C=O) groups is 1. The number of benzene rings is 2. The van der Waals surface area contributed by atoms with Crippen LogP contribution < -0.4 is 24.3 Å². The molecule has 0 aromatic heterocycles. The number of hydrogen-bond acceptors (Lipinski definition) is 7. The molecule has 0 bridgehead atoms. The second-order valence-corrected chi connectivity index (χ2v) is 6.36. The summed E-state index contributed by atoms with van der Waals surface area (Å²) in [4.78, 5) is 23.5. The van der Waals surface area contributed by atoms with Gasteiger partial charge in [0.25, 0.3) is 11.6 Å². The Morgan fingerprint density at radius 2 is 1.55 bits per heavy atom. The van der Waals surface area contributed by atoms with Gasteiger partial charge in [0, 0.05) is 12.6 Å². The summed E-state index contributed by atoms with van der Waals surface area (Å²) in [5, 5.41) is 14.2. The van der Waals surface area contributed by atoms with E-state index in [2.05, 4.69) is 5.32 Å². The highest BCUT2D eigenvalue weighted by atomic mass is 16.6. The van der Waals surface area contributed by atoms with Crippen molar-refractivity contribution in [3.05, 3.63) is 51.6 Å². The van der Waals surface area contributed by atoms with Crippen molar-refractivity contribution in [3.63, 3.8) is 0 Å². The van der Waals surface area contributed by atoms with Gasteiger partial charge in [0.05, 0.1) is 37.9 Å². The van der Waals surface area contributed by atoms with E-state index in [4.69, 9.17) is 18.9 Å². The van der Waals surface area contributed by atoms with Gasteiger partial charge in [-0.2, -0.15) is 0 Å². The van der Waals surface area contributed by atoms with Crippen molar-refractivity contribution < 1.29 is 28.7 Å². The van der Waals surface area contributed by atoms with Crippen LogP contribution in [-0.2, 0) is 6.42 Å². The Kier molecular flexibility index (Phi) is 8.93. The normalized spacial score (nSPS) is 10.3. The van der Waals surface area contributed by atoms with E-state index in [9.17, 15) is 14.9 Å². The molecule has 0 saturated carbocycles. The topological polar surface area (TPSA) is 109 Å². The summed E-state index contributed by atoms with van der Waals surface area (Å²) in [5.74, 6) is 1.20. The van der Waals surface area contributed by atoms with Gasteiger partial charge in [-0.25, -0.2) is 0 Å². The zero-order valence-electron chi connectivity index (χ0n) is 18.2. The number of nitro benzene ring substituents is 1. The van der Waals surface area contributed by atoms with E-state index in [1.807, 2.05) is 32.0 Å². The predicted molar refractivity (Wildman–Crippen MR) is 116 cm³/mol. The highest BCUT2D eigenvalue weighted by Gasteiger charge is 2.24. The molecule has 31 heavy (non-hydrogen) atoms. The van der Waals surface area contributed by atoms with Crippen LogP contribution in [0.3, 0.4) is 0 Å². The van der Waals surface area contributed by atoms with E-state index in [1.165, 1.54) is 19.2 Å². The molecule has 0 unspecified atom stereocenters. The molecule has 2 aromatic rings. The van der Waals surface area contributed by atoms with Gasteiger partial charge < -0.3 is 24.3 Å². The number of nitrogens with one attached hydrogen (secondary N) is 1. The number of ether oxygens (including phenoxy) is 4. The van der Waals surface area contributed by atoms with Crippen LogP contribution in [0.2, 0.25) is 0 Å². The van der Waals surface area contributed by atoms with Crippen molar-refractivity contribution >= 4 is 11.6 Å². The van der Waals surface area contributed by atoms with Crippen molar-refractivity contribution in [1.82, 2.24) is 5.32 Å². The summed E-state index contributed by atoms with van der Waals surface area (Å²) in [5.41, 5.74) is 0.499. The first-order chi connectivity index (χ1) is 14.9. The first-order valence-electron chi connectivity index (χ1n) is 10.1. The lowest BCUT2D eigenvalue weighted by Crippen LogP contribution is -2.26. The summed E-state index contributed by atoms with van der Waals surface area (Å²) in [7, 11) is 1.41. The van der Waals surface area contributed by atoms with E-state index in [1.54, 1.807) is 6.92 Å². The lowest BCUT2D eigenvalue weighted by Gasteiger charge is -2.13. The fourth-order valence-corrected chi connectivity index (χ4v) is 2.98. The molecule has 1 amide bonds. The molecule has 1 N–H and O–H groups in total. The van der Waals surface area contributed by atoms with Crippen LogP contribution in [0.15, 0.2) is 30.3 Å². The fourth-order valence-electron chi connectivity index (χ4n) is 2.98. The van der Waals surface area contributed by atoms with Crippen molar-refractivity contribution in [1.29, 1.82) is 0 Å². The average molecular weight is 432 g/mol. The van der Waals surface area contributed by atoms with E-state index in [0.29, 0.717) is 37.7 Å². The minimum absolute atomic E-state index is 0.0907. The largest absolute Gasteiger partial charge is 0.493 e. The molecule has 2 aromatic carbocycles. The minimum Gasteiger partial charge on any atom is -0.493 e. The molecular weight excluding hydrogens is 404 g/mol. The summed E-state index contributed by atoms with van der Waals surface area (Å²) in [6, 6.07) is 8.11. The molecule has 0 saturated heterocycles. The third-order valence-corrected chi connectivity index (χ3v) is 4.33. The molecule has 0 atom stereocenters. The van der Waals surface area contributed by atoms with Crippen molar-refractivity contribution in [3.8, 4) is 23.0 Å². The van der Waals surface area contributed by atoms with Gasteiger partial charge in [-0.3, -0.25) is 14.9 Å². The molecule has 0 spiro atoms. The second-order valence-electron chi connectivity index (χ2n) is 6.36. The van der Waals surface area contributed by atoms with Crippen LogP contribution >= 0.6 is 0 Å². The highest BCUT2D eigenvalue weighted by Crippen LogP contribution is 2.35. The fraction of sp³-hybridized carbons (Fsp3) is 0.409. The summed E-state index contributed by atoms with van der Waals surface area (Å²) < 4.78 is 21.7. The first kappa shape index (κ1) is 23.8. The smallest absolute Gasteiger partial charge is 0.286 e. The molecular formula is C22H28N2O7. The number of nitrogens with zero attached hydrogens (tertiary/aromatic N) is 1. The lowest BCUT2D eigenvalue weighted by atomic mass is 10.1. The minimum atomic E-state index is -0.613. The van der Waals surface area contributed by atoms with E-state index < -0.39 is 10.8 Å². The maximum absolute atomic E-state index is 12.6. The third-order valence-electron chi connectivity index (χ3n) is 4.33. The summed E-state index contributed by atoms with van der Waals surface area (Å²) >= 11 is 0. The summed E-state index contributed by atoms with van der Waals surface area (Å²) in [6.07, 6.45) is 0.514. The standard InChI is InChI=1S/C22H28N2O7/c1-5-29-18-9-8-15(12-20(18)30-6-2)10-11-23-22(25)16-13-19(28-4)21(31-7-3)14-17(16)24(26)27/h8-9,12-14H,5-7,10-11H2,1-4H3,(H,23,25). The van der Waals surface area contributed by atoms with Crippen LogP contribution in [0.4, 0.5) is 5.69 Å². The Bertz CT molecular complexity index is 915. The predicted octanol–water partition coefficient (Wildman–Crippen LogP) is 3.77. The maximum Gasteiger partial charge on any atom is 0.286 e. The molecule has 0 aliphatic carbocycles. The Balaban J connectivity index is 2.14. The molecule has 9 heteroatoms. The quantitative estimate of drug-likeness (QED) is 0.402. The van der Waals surface area contributed by atoms with Crippen LogP contribution in [0.25, 0.3) is 0 Å². The first-order valence-corrected chi connectivity index (χ1v) is 10.1.